The summed E-state index contributed by atoms with van der Waals surface area (Å²) in [5.41, 5.74) is 0.839. The smallest absolute Gasteiger partial charge is 0.237 e. The van der Waals surface area contributed by atoms with E-state index in [2.05, 4.69) is 0 Å². The van der Waals surface area contributed by atoms with Crippen molar-refractivity contribution in [1.29, 1.82) is 0 Å². The molecule has 5 nitrogen and oxygen atoms in total. The summed E-state index contributed by atoms with van der Waals surface area (Å²) < 4.78 is 6.42. The van der Waals surface area contributed by atoms with Gasteiger partial charge in [0.15, 0.2) is 11.0 Å². The van der Waals surface area contributed by atoms with E-state index in [1.165, 1.54) is 36.7 Å². The number of rotatable bonds is 1. The highest BCUT2D eigenvalue weighted by Crippen LogP contribution is 2.23. The predicted molar refractivity (Wildman–Crippen MR) is 67.0 cm³/mol. The Labute approximate surface area is 107 Å². The highest BCUT2D eigenvalue weighted by molar-refractivity contribution is 5.76. The van der Waals surface area contributed by atoms with Crippen LogP contribution in [0.4, 0.5) is 0 Å². The Morgan fingerprint density at radius 2 is 1.84 bits per heavy atom. The van der Waals surface area contributed by atoms with Crippen molar-refractivity contribution in [3.63, 3.8) is 0 Å². The van der Waals surface area contributed by atoms with Crippen LogP contribution in [-0.2, 0) is 0 Å². The van der Waals surface area contributed by atoms with Crippen LogP contribution >= 0.6 is 0 Å². The summed E-state index contributed by atoms with van der Waals surface area (Å²) in [6, 6.07) is 9.23. The average Bonchev–Trinajstić information content (AvgIpc) is 2.40. The molecule has 0 aliphatic rings. The van der Waals surface area contributed by atoms with Gasteiger partial charge in [-0.25, -0.2) is 0 Å². The minimum absolute atomic E-state index is 0.146. The molecule has 3 rings (SSSR count). The third-order valence-corrected chi connectivity index (χ3v) is 2.80. The highest BCUT2D eigenvalue weighted by Gasteiger charge is 2.10. The number of aromatic nitrogens is 1. The summed E-state index contributed by atoms with van der Waals surface area (Å²) in [6.45, 7) is 0. The SMILES string of the molecule is O=c1cc(-c2ccc(O)cc2)oc2cc[n+](O)cc12. The molecule has 0 saturated carbocycles. The van der Waals surface area contributed by atoms with E-state index in [9.17, 15) is 15.1 Å². The molecular formula is C14H10NO4+. The number of benzene rings is 1. The largest absolute Gasteiger partial charge is 0.508 e. The second kappa shape index (κ2) is 4.13. The summed E-state index contributed by atoms with van der Waals surface area (Å²) in [6.07, 6.45) is 2.67. The van der Waals surface area contributed by atoms with Crippen LogP contribution in [-0.4, -0.2) is 10.3 Å². The van der Waals surface area contributed by atoms with Crippen LogP contribution in [0.25, 0.3) is 22.3 Å². The zero-order valence-corrected chi connectivity index (χ0v) is 9.78. The second-order valence-corrected chi connectivity index (χ2v) is 4.12. The van der Waals surface area contributed by atoms with Gasteiger partial charge < -0.3 is 9.52 Å². The minimum Gasteiger partial charge on any atom is -0.508 e. The molecule has 94 valence electrons. The third-order valence-electron chi connectivity index (χ3n) is 2.80. The molecule has 0 saturated heterocycles. The van der Waals surface area contributed by atoms with Gasteiger partial charge in [-0.3, -0.25) is 10.0 Å². The maximum absolute atomic E-state index is 12.0. The van der Waals surface area contributed by atoms with Crippen molar-refractivity contribution in [2.24, 2.45) is 0 Å². The molecule has 2 N–H and O–H groups in total. The van der Waals surface area contributed by atoms with Gasteiger partial charge in [0.05, 0.1) is 6.07 Å². The molecule has 0 radical (unpaired) electrons. The van der Waals surface area contributed by atoms with Crippen LogP contribution in [0.1, 0.15) is 0 Å². The molecular weight excluding hydrogens is 246 g/mol. The third kappa shape index (κ3) is 2.01. The molecule has 2 aromatic heterocycles. The number of hydrogen-bond donors (Lipinski definition) is 2. The molecule has 19 heavy (non-hydrogen) atoms. The number of hydrogen-bond acceptors (Lipinski definition) is 4. The zero-order valence-electron chi connectivity index (χ0n) is 9.78. The summed E-state index contributed by atoms with van der Waals surface area (Å²) >= 11 is 0. The van der Waals surface area contributed by atoms with E-state index < -0.39 is 0 Å². The van der Waals surface area contributed by atoms with Gasteiger partial charge in [0.1, 0.15) is 16.9 Å². The first kappa shape index (κ1) is 11.3. The molecule has 1 aromatic carbocycles. The van der Waals surface area contributed by atoms with Gasteiger partial charge in [-0.1, -0.05) is 0 Å². The fraction of sp³-hybridized carbons (Fsp3) is 0. The van der Waals surface area contributed by atoms with Crippen molar-refractivity contribution in [3.8, 4) is 17.1 Å². The molecule has 0 spiro atoms. The average molecular weight is 256 g/mol. The Bertz CT molecular complexity index is 806. The Hall–Kier alpha value is -2.82. The highest BCUT2D eigenvalue weighted by atomic mass is 16.5. The van der Waals surface area contributed by atoms with Crippen molar-refractivity contribution in [3.05, 3.63) is 59.0 Å². The maximum Gasteiger partial charge on any atom is 0.237 e. The van der Waals surface area contributed by atoms with Gasteiger partial charge in [-0.2, -0.15) is 0 Å². The molecule has 0 aliphatic carbocycles. The quantitative estimate of drug-likeness (QED) is 0.513. The summed E-state index contributed by atoms with van der Waals surface area (Å²) in [5, 5.41) is 18.8. The van der Waals surface area contributed by atoms with Gasteiger partial charge >= 0.3 is 0 Å². The molecule has 0 unspecified atom stereocenters. The lowest BCUT2D eigenvalue weighted by atomic mass is 10.1. The van der Waals surface area contributed by atoms with Gasteiger partial charge in [0.25, 0.3) is 0 Å². The van der Waals surface area contributed by atoms with Gasteiger partial charge in [-0.05, 0) is 24.3 Å². The zero-order chi connectivity index (χ0) is 13.4. The van der Waals surface area contributed by atoms with Crippen LogP contribution in [0.15, 0.2) is 58.0 Å². The van der Waals surface area contributed by atoms with Gasteiger partial charge in [0.2, 0.25) is 12.4 Å². The van der Waals surface area contributed by atoms with Gasteiger partial charge in [-0.15, -0.1) is 0 Å². The molecule has 0 bridgehead atoms. The summed E-state index contributed by atoms with van der Waals surface area (Å²) in [7, 11) is 0. The number of nitrogens with zero attached hydrogens (tertiary/aromatic N) is 1. The first-order chi connectivity index (χ1) is 9.13. The van der Waals surface area contributed by atoms with Crippen LogP contribution < -0.4 is 10.2 Å². The standard InChI is InChI=1S/C14H9NO4/c16-10-3-1-9(2-4-10)14-7-12(17)11-8-15(18)6-5-13(11)19-14/h1-8H,(H-,16,17,18)/p+1. The fourth-order valence-electron chi connectivity index (χ4n) is 1.86. The summed E-state index contributed by atoms with van der Waals surface area (Å²) in [4.78, 5) is 12.0. The van der Waals surface area contributed by atoms with E-state index in [4.69, 9.17) is 4.42 Å². The lowest BCUT2D eigenvalue weighted by Crippen LogP contribution is -2.29. The molecule has 5 heteroatoms. The van der Waals surface area contributed by atoms with E-state index >= 15 is 0 Å². The van der Waals surface area contributed by atoms with Crippen LogP contribution in [0, 0.1) is 0 Å². The van der Waals surface area contributed by atoms with E-state index in [0.29, 0.717) is 22.3 Å². The normalized spacial score (nSPS) is 10.7. The molecule has 0 atom stereocenters. The van der Waals surface area contributed by atoms with E-state index in [0.717, 1.165) is 4.73 Å². The predicted octanol–water partition coefficient (Wildman–Crippen LogP) is 1.69. The molecule has 0 fully saturated rings. The Balaban J connectivity index is 2.24. The van der Waals surface area contributed by atoms with Crippen molar-refractivity contribution in [2.75, 3.05) is 0 Å². The Morgan fingerprint density at radius 3 is 2.58 bits per heavy atom. The lowest BCUT2D eigenvalue weighted by Gasteiger charge is -2.02. The van der Waals surface area contributed by atoms with E-state index in [1.807, 2.05) is 0 Å². The Kier molecular flexibility index (Phi) is 2.45. The maximum atomic E-state index is 12.0. The number of aromatic hydroxyl groups is 1. The topological polar surface area (TPSA) is 74.5 Å². The molecule has 3 aromatic rings. The first-order valence-corrected chi connectivity index (χ1v) is 5.61. The molecule has 0 aliphatic heterocycles. The number of phenols is 1. The number of pyridine rings is 1. The van der Waals surface area contributed by atoms with Crippen molar-refractivity contribution >= 4 is 11.0 Å². The lowest BCUT2D eigenvalue weighted by molar-refractivity contribution is -0.904. The van der Waals surface area contributed by atoms with Crippen molar-refractivity contribution in [2.45, 2.75) is 0 Å². The monoisotopic (exact) mass is 256 g/mol. The summed E-state index contributed by atoms with van der Waals surface area (Å²) in [5.74, 6) is 0.557. The van der Waals surface area contributed by atoms with Crippen LogP contribution in [0.2, 0.25) is 0 Å². The van der Waals surface area contributed by atoms with Crippen LogP contribution in [0.3, 0.4) is 0 Å². The molecule has 2 heterocycles. The molecule has 0 amide bonds. The van der Waals surface area contributed by atoms with Gasteiger partial charge in [0, 0.05) is 16.4 Å². The number of phenolic OH excluding ortho intramolecular Hbond substituents is 1. The van der Waals surface area contributed by atoms with Crippen molar-refractivity contribution < 1.29 is 19.5 Å². The van der Waals surface area contributed by atoms with Crippen LogP contribution in [0.5, 0.6) is 5.75 Å². The second-order valence-electron chi connectivity index (χ2n) is 4.12. The van der Waals surface area contributed by atoms with E-state index in [1.54, 1.807) is 12.1 Å². The number of fused-ring (bicyclic) bond motifs is 1. The van der Waals surface area contributed by atoms with E-state index in [-0.39, 0.29) is 11.2 Å². The Morgan fingerprint density at radius 1 is 1.11 bits per heavy atom. The minimum atomic E-state index is -0.243. The fourth-order valence-corrected chi connectivity index (χ4v) is 1.86. The van der Waals surface area contributed by atoms with Crippen molar-refractivity contribution in [1.82, 2.24) is 0 Å². The first-order valence-electron chi connectivity index (χ1n) is 5.61.